The molecule has 1 aliphatic heterocycles. The van der Waals surface area contributed by atoms with Crippen LogP contribution in [0.5, 0.6) is 0 Å². The Morgan fingerprint density at radius 3 is 3.08 bits per heavy atom. The number of pyridine rings is 1. The van der Waals surface area contributed by atoms with E-state index in [1.807, 2.05) is 31.4 Å². The third-order valence-electron chi connectivity index (χ3n) is 5.26. The van der Waals surface area contributed by atoms with E-state index in [-0.39, 0.29) is 0 Å². The van der Waals surface area contributed by atoms with Gasteiger partial charge in [0.15, 0.2) is 0 Å². The SMILES string of the molecule is Cc1cccc(COC[C@@H]2C[C@@H]3[C@@H](C2)OCCN3Cc2ccoc2)n1. The second-order valence-corrected chi connectivity index (χ2v) is 7.20. The van der Waals surface area contributed by atoms with Crippen molar-refractivity contribution in [3.05, 3.63) is 53.7 Å². The Kier molecular flexibility index (Phi) is 5.15. The van der Waals surface area contributed by atoms with Crippen molar-refractivity contribution in [1.82, 2.24) is 9.88 Å². The van der Waals surface area contributed by atoms with E-state index in [4.69, 9.17) is 13.9 Å². The van der Waals surface area contributed by atoms with Crippen LogP contribution in [-0.2, 0) is 22.6 Å². The van der Waals surface area contributed by atoms with E-state index >= 15 is 0 Å². The highest BCUT2D eigenvalue weighted by atomic mass is 16.5. The summed E-state index contributed by atoms with van der Waals surface area (Å²) < 4.78 is 17.2. The highest BCUT2D eigenvalue weighted by molar-refractivity contribution is 5.09. The van der Waals surface area contributed by atoms with Crippen molar-refractivity contribution in [2.24, 2.45) is 5.92 Å². The highest BCUT2D eigenvalue weighted by Crippen LogP contribution is 2.35. The molecule has 0 radical (unpaired) electrons. The van der Waals surface area contributed by atoms with Gasteiger partial charge in [-0.2, -0.15) is 0 Å². The van der Waals surface area contributed by atoms with Crippen molar-refractivity contribution < 1.29 is 13.9 Å². The van der Waals surface area contributed by atoms with Crippen LogP contribution in [0.1, 0.15) is 29.8 Å². The van der Waals surface area contributed by atoms with Gasteiger partial charge in [-0.1, -0.05) is 6.07 Å². The maximum atomic E-state index is 6.03. The molecule has 25 heavy (non-hydrogen) atoms. The van der Waals surface area contributed by atoms with Gasteiger partial charge in [0.05, 0.1) is 44.1 Å². The Balaban J connectivity index is 1.29. The van der Waals surface area contributed by atoms with Gasteiger partial charge in [0.1, 0.15) is 0 Å². The van der Waals surface area contributed by atoms with Crippen molar-refractivity contribution in [3.63, 3.8) is 0 Å². The lowest BCUT2D eigenvalue weighted by molar-refractivity contribution is -0.0591. The molecule has 1 saturated heterocycles. The molecule has 3 heterocycles. The van der Waals surface area contributed by atoms with E-state index in [1.54, 1.807) is 6.26 Å². The van der Waals surface area contributed by atoms with E-state index in [0.29, 0.717) is 24.7 Å². The summed E-state index contributed by atoms with van der Waals surface area (Å²) in [6.07, 6.45) is 6.16. The molecule has 0 unspecified atom stereocenters. The first-order valence-corrected chi connectivity index (χ1v) is 9.15. The van der Waals surface area contributed by atoms with Gasteiger partial charge in [0.2, 0.25) is 0 Å². The molecule has 2 aromatic rings. The smallest absolute Gasteiger partial charge is 0.0947 e. The molecule has 2 fully saturated rings. The van der Waals surface area contributed by atoms with Gasteiger partial charge in [-0.25, -0.2) is 0 Å². The Morgan fingerprint density at radius 2 is 2.24 bits per heavy atom. The molecule has 5 nitrogen and oxygen atoms in total. The Labute approximate surface area is 148 Å². The van der Waals surface area contributed by atoms with Crippen LogP contribution in [0.25, 0.3) is 0 Å². The standard InChI is InChI=1S/C20H26N2O3/c1-15-3-2-4-18(21-15)14-24-13-17-9-19-20(10-17)25-8-6-22(19)11-16-5-7-23-12-16/h2-5,7,12,17,19-20H,6,8-11,13-14H2,1H3/t17-,19-,20-/m1/s1. The zero-order valence-corrected chi connectivity index (χ0v) is 14.8. The van der Waals surface area contributed by atoms with E-state index in [2.05, 4.69) is 16.0 Å². The van der Waals surface area contributed by atoms with Crippen molar-refractivity contribution in [2.75, 3.05) is 19.8 Å². The molecule has 134 valence electrons. The average Bonchev–Trinajstić information content (AvgIpc) is 3.25. The van der Waals surface area contributed by atoms with Gasteiger partial charge < -0.3 is 13.9 Å². The molecule has 1 aliphatic carbocycles. The summed E-state index contributed by atoms with van der Waals surface area (Å²) in [5.41, 5.74) is 3.29. The van der Waals surface area contributed by atoms with Crippen molar-refractivity contribution in [1.29, 1.82) is 0 Å². The fourth-order valence-corrected chi connectivity index (χ4v) is 4.09. The summed E-state index contributed by atoms with van der Waals surface area (Å²) in [6.45, 7) is 6.14. The molecule has 3 atom stereocenters. The number of aryl methyl sites for hydroxylation is 1. The van der Waals surface area contributed by atoms with Gasteiger partial charge in [0.25, 0.3) is 0 Å². The van der Waals surface area contributed by atoms with Crippen LogP contribution < -0.4 is 0 Å². The first-order chi connectivity index (χ1) is 12.3. The van der Waals surface area contributed by atoms with E-state index < -0.39 is 0 Å². The Hall–Kier alpha value is -1.69. The van der Waals surface area contributed by atoms with Gasteiger partial charge in [-0.05, 0) is 43.9 Å². The van der Waals surface area contributed by atoms with Crippen molar-refractivity contribution in [3.8, 4) is 0 Å². The van der Waals surface area contributed by atoms with E-state index in [9.17, 15) is 0 Å². The number of furan rings is 1. The first-order valence-electron chi connectivity index (χ1n) is 9.15. The molecular formula is C20H26N2O3. The molecule has 2 aliphatic rings. The molecule has 0 spiro atoms. The molecule has 4 rings (SSSR count). The normalized spacial score (nSPS) is 26.7. The quantitative estimate of drug-likeness (QED) is 0.807. The molecule has 2 aromatic heterocycles. The van der Waals surface area contributed by atoms with Crippen LogP contribution in [0.3, 0.4) is 0 Å². The van der Waals surface area contributed by atoms with Crippen LogP contribution in [0.15, 0.2) is 41.2 Å². The lowest BCUT2D eigenvalue weighted by atomic mass is 10.1. The van der Waals surface area contributed by atoms with E-state index in [0.717, 1.165) is 50.5 Å². The van der Waals surface area contributed by atoms with Gasteiger partial charge in [-0.15, -0.1) is 0 Å². The number of hydrogen-bond acceptors (Lipinski definition) is 5. The third kappa shape index (κ3) is 4.11. The number of ether oxygens (including phenoxy) is 2. The van der Waals surface area contributed by atoms with Crippen LogP contribution in [0.4, 0.5) is 0 Å². The highest BCUT2D eigenvalue weighted by Gasteiger charge is 2.40. The number of aromatic nitrogens is 1. The minimum atomic E-state index is 0.339. The number of hydrogen-bond donors (Lipinski definition) is 0. The van der Waals surface area contributed by atoms with E-state index in [1.165, 1.54) is 5.56 Å². The fraction of sp³-hybridized carbons (Fsp3) is 0.550. The van der Waals surface area contributed by atoms with Crippen LogP contribution in [-0.4, -0.2) is 41.8 Å². The number of fused-ring (bicyclic) bond motifs is 1. The zero-order chi connectivity index (χ0) is 17.1. The maximum Gasteiger partial charge on any atom is 0.0947 e. The number of rotatable bonds is 6. The van der Waals surface area contributed by atoms with Gasteiger partial charge in [-0.3, -0.25) is 9.88 Å². The molecule has 0 N–H and O–H groups in total. The second-order valence-electron chi connectivity index (χ2n) is 7.20. The van der Waals surface area contributed by atoms with Crippen LogP contribution in [0.2, 0.25) is 0 Å². The number of nitrogens with zero attached hydrogens (tertiary/aromatic N) is 2. The topological polar surface area (TPSA) is 47.7 Å². The molecule has 1 saturated carbocycles. The average molecular weight is 342 g/mol. The summed E-state index contributed by atoms with van der Waals surface area (Å²) in [5.74, 6) is 0.560. The largest absolute Gasteiger partial charge is 0.472 e. The number of morpholine rings is 1. The Bertz CT molecular complexity index is 673. The monoisotopic (exact) mass is 342 g/mol. The predicted octanol–water partition coefficient (Wildman–Crippen LogP) is 3.18. The predicted molar refractivity (Wildman–Crippen MR) is 94.0 cm³/mol. The summed E-state index contributed by atoms with van der Waals surface area (Å²) in [6, 6.07) is 8.62. The lowest BCUT2D eigenvalue weighted by Crippen LogP contribution is -2.47. The third-order valence-corrected chi connectivity index (χ3v) is 5.26. The zero-order valence-electron chi connectivity index (χ0n) is 14.8. The second kappa shape index (κ2) is 7.68. The fourth-order valence-electron chi connectivity index (χ4n) is 4.09. The summed E-state index contributed by atoms with van der Waals surface area (Å²) in [4.78, 5) is 7.04. The lowest BCUT2D eigenvalue weighted by Gasteiger charge is -2.37. The van der Waals surface area contributed by atoms with Gasteiger partial charge in [0, 0.05) is 30.4 Å². The van der Waals surface area contributed by atoms with Crippen LogP contribution in [0, 0.1) is 12.8 Å². The molecule has 0 bridgehead atoms. The summed E-state index contributed by atoms with van der Waals surface area (Å²) >= 11 is 0. The molecule has 5 heteroatoms. The minimum absolute atomic E-state index is 0.339. The molecular weight excluding hydrogens is 316 g/mol. The molecule has 0 amide bonds. The summed E-state index contributed by atoms with van der Waals surface area (Å²) in [7, 11) is 0. The Morgan fingerprint density at radius 1 is 1.28 bits per heavy atom. The minimum Gasteiger partial charge on any atom is -0.472 e. The summed E-state index contributed by atoms with van der Waals surface area (Å²) in [5, 5.41) is 0. The maximum absolute atomic E-state index is 6.03. The van der Waals surface area contributed by atoms with Crippen LogP contribution >= 0.6 is 0 Å². The van der Waals surface area contributed by atoms with Gasteiger partial charge >= 0.3 is 0 Å². The first kappa shape index (κ1) is 16.8. The van der Waals surface area contributed by atoms with Crippen molar-refractivity contribution in [2.45, 2.75) is 45.1 Å². The molecule has 0 aromatic carbocycles. The van der Waals surface area contributed by atoms with Crippen molar-refractivity contribution >= 4 is 0 Å².